The molecule has 3 N–H and O–H groups in total. The third-order valence-corrected chi connectivity index (χ3v) is 3.15. The van der Waals surface area contributed by atoms with Crippen LogP contribution in [0.4, 0.5) is 0 Å². The topological polar surface area (TPSA) is 72.9 Å². The maximum atomic E-state index is 12.0. The Morgan fingerprint density at radius 3 is 2.74 bits per heavy atom. The Hall–Kier alpha value is -1.36. The van der Waals surface area contributed by atoms with Gasteiger partial charge in [-0.25, -0.2) is 4.98 Å². The average Bonchev–Trinajstić information content (AvgIpc) is 2.83. The first-order valence-corrected chi connectivity index (χ1v) is 7.02. The Morgan fingerprint density at radius 2 is 2.16 bits per heavy atom. The molecule has 0 radical (unpaired) electrons. The number of aromatic nitrogens is 2. The molecule has 0 fully saturated rings. The zero-order valence-electron chi connectivity index (χ0n) is 12.4. The van der Waals surface area contributed by atoms with Crippen molar-refractivity contribution in [1.29, 1.82) is 0 Å². The van der Waals surface area contributed by atoms with E-state index in [4.69, 9.17) is 5.73 Å². The van der Waals surface area contributed by atoms with Gasteiger partial charge in [0.05, 0.1) is 12.0 Å². The molecule has 0 aliphatic heterocycles. The van der Waals surface area contributed by atoms with Gasteiger partial charge in [0.25, 0.3) is 0 Å². The highest BCUT2D eigenvalue weighted by Crippen LogP contribution is 2.21. The first kappa shape index (κ1) is 15.7. The van der Waals surface area contributed by atoms with Crippen molar-refractivity contribution in [2.45, 2.75) is 52.6 Å². The van der Waals surface area contributed by atoms with Crippen LogP contribution in [0.15, 0.2) is 12.5 Å². The second-order valence-electron chi connectivity index (χ2n) is 5.43. The Kier molecular flexibility index (Phi) is 6.02. The minimum absolute atomic E-state index is 0.0119. The largest absolute Gasteiger partial charge is 0.354 e. The molecule has 0 saturated heterocycles. The molecule has 0 saturated carbocycles. The highest BCUT2D eigenvalue weighted by atomic mass is 16.2. The molecule has 1 aromatic heterocycles. The smallest absolute Gasteiger partial charge is 0.242 e. The Morgan fingerprint density at radius 1 is 1.47 bits per heavy atom. The van der Waals surface area contributed by atoms with E-state index in [-0.39, 0.29) is 18.0 Å². The van der Waals surface area contributed by atoms with Crippen molar-refractivity contribution in [3.63, 3.8) is 0 Å². The third-order valence-electron chi connectivity index (χ3n) is 3.15. The van der Waals surface area contributed by atoms with Crippen LogP contribution in [0.3, 0.4) is 0 Å². The minimum Gasteiger partial charge on any atom is -0.354 e. The maximum Gasteiger partial charge on any atom is 0.242 e. The van der Waals surface area contributed by atoms with Crippen LogP contribution < -0.4 is 11.1 Å². The lowest BCUT2D eigenvalue weighted by Gasteiger charge is -2.20. The van der Waals surface area contributed by atoms with Crippen molar-refractivity contribution in [2.75, 3.05) is 6.54 Å². The first-order valence-electron chi connectivity index (χ1n) is 7.02. The molecule has 0 aliphatic carbocycles. The highest BCUT2D eigenvalue weighted by Gasteiger charge is 2.20. The fourth-order valence-corrected chi connectivity index (χ4v) is 2.08. The van der Waals surface area contributed by atoms with E-state index in [9.17, 15) is 4.79 Å². The van der Waals surface area contributed by atoms with E-state index in [2.05, 4.69) is 24.1 Å². The first-order chi connectivity index (χ1) is 8.97. The maximum absolute atomic E-state index is 12.0. The summed E-state index contributed by atoms with van der Waals surface area (Å²) in [5.41, 5.74) is 7.11. The summed E-state index contributed by atoms with van der Waals surface area (Å²) < 4.78 is 1.87. The molecule has 2 unspecified atom stereocenters. The molecule has 108 valence electrons. The highest BCUT2D eigenvalue weighted by molar-refractivity contribution is 5.79. The van der Waals surface area contributed by atoms with Gasteiger partial charge in [0, 0.05) is 18.8 Å². The standard InChI is InChI=1S/C14H26N4O/c1-5-6-17-14(19)11(4)18-9-16-8-13(18)12(15)7-10(2)3/h8-12H,5-7,15H2,1-4H3,(H,17,19). The lowest BCUT2D eigenvalue weighted by atomic mass is 10.0. The molecule has 1 amide bonds. The van der Waals surface area contributed by atoms with Crippen molar-refractivity contribution in [3.8, 4) is 0 Å². The molecule has 0 aliphatic rings. The molecule has 1 aromatic rings. The number of nitrogens with two attached hydrogens (primary N) is 1. The number of carbonyl (C=O) groups is 1. The zero-order valence-corrected chi connectivity index (χ0v) is 12.4. The van der Waals surface area contributed by atoms with E-state index < -0.39 is 0 Å². The van der Waals surface area contributed by atoms with Gasteiger partial charge in [-0.3, -0.25) is 4.79 Å². The van der Waals surface area contributed by atoms with Gasteiger partial charge >= 0.3 is 0 Å². The number of hydrogen-bond acceptors (Lipinski definition) is 3. The summed E-state index contributed by atoms with van der Waals surface area (Å²) in [7, 11) is 0. The van der Waals surface area contributed by atoms with Crippen LogP contribution in [0.5, 0.6) is 0 Å². The van der Waals surface area contributed by atoms with Gasteiger partial charge in [0.15, 0.2) is 0 Å². The van der Waals surface area contributed by atoms with Gasteiger partial charge in [-0.05, 0) is 25.7 Å². The van der Waals surface area contributed by atoms with Gasteiger partial charge in [0.1, 0.15) is 6.04 Å². The van der Waals surface area contributed by atoms with Crippen molar-refractivity contribution in [1.82, 2.24) is 14.9 Å². The molecule has 2 atom stereocenters. The van der Waals surface area contributed by atoms with Crippen molar-refractivity contribution in [3.05, 3.63) is 18.2 Å². The SMILES string of the molecule is CCCNC(=O)C(C)n1cncc1C(N)CC(C)C. The predicted molar refractivity (Wildman–Crippen MR) is 76.6 cm³/mol. The lowest BCUT2D eigenvalue weighted by Crippen LogP contribution is -2.32. The van der Waals surface area contributed by atoms with Gasteiger partial charge in [0.2, 0.25) is 5.91 Å². The number of hydrogen-bond donors (Lipinski definition) is 2. The monoisotopic (exact) mass is 266 g/mol. The van der Waals surface area contributed by atoms with Crippen LogP contribution >= 0.6 is 0 Å². The minimum atomic E-state index is -0.276. The predicted octanol–water partition coefficient (Wildman–Crippen LogP) is 2.02. The molecule has 0 spiro atoms. The second-order valence-corrected chi connectivity index (χ2v) is 5.43. The van der Waals surface area contributed by atoms with Crippen LogP contribution in [0.1, 0.15) is 58.3 Å². The molecular weight excluding hydrogens is 240 g/mol. The van der Waals surface area contributed by atoms with Crippen molar-refractivity contribution < 1.29 is 4.79 Å². The molecule has 0 aromatic carbocycles. The van der Waals surface area contributed by atoms with E-state index in [1.54, 1.807) is 12.5 Å². The average molecular weight is 266 g/mol. The fourth-order valence-electron chi connectivity index (χ4n) is 2.08. The number of carbonyl (C=O) groups excluding carboxylic acids is 1. The van der Waals surface area contributed by atoms with Gasteiger partial charge < -0.3 is 15.6 Å². The fraction of sp³-hybridized carbons (Fsp3) is 0.714. The van der Waals surface area contributed by atoms with E-state index in [1.807, 2.05) is 18.4 Å². The number of nitrogens with zero attached hydrogens (tertiary/aromatic N) is 2. The van der Waals surface area contributed by atoms with Crippen LogP contribution in [0, 0.1) is 5.92 Å². The molecular formula is C14H26N4O. The van der Waals surface area contributed by atoms with Crippen molar-refractivity contribution >= 4 is 5.91 Å². The van der Waals surface area contributed by atoms with Gasteiger partial charge in [-0.15, -0.1) is 0 Å². The van der Waals surface area contributed by atoms with Crippen LogP contribution in [-0.2, 0) is 4.79 Å². The number of rotatable bonds is 7. The Balaban J connectivity index is 2.78. The quantitative estimate of drug-likeness (QED) is 0.793. The molecule has 0 bridgehead atoms. The summed E-state index contributed by atoms with van der Waals surface area (Å²) in [5, 5.41) is 2.90. The van der Waals surface area contributed by atoms with Crippen LogP contribution in [0.25, 0.3) is 0 Å². The summed E-state index contributed by atoms with van der Waals surface area (Å²) in [6.45, 7) is 8.88. The molecule has 5 nitrogen and oxygen atoms in total. The van der Waals surface area contributed by atoms with Gasteiger partial charge in [-0.2, -0.15) is 0 Å². The summed E-state index contributed by atoms with van der Waals surface area (Å²) in [6, 6.07) is -0.355. The summed E-state index contributed by atoms with van der Waals surface area (Å²) in [4.78, 5) is 16.1. The zero-order chi connectivity index (χ0) is 14.4. The number of imidazole rings is 1. The van der Waals surface area contributed by atoms with Gasteiger partial charge in [-0.1, -0.05) is 20.8 Å². The summed E-state index contributed by atoms with van der Waals surface area (Å²) >= 11 is 0. The van der Waals surface area contributed by atoms with E-state index >= 15 is 0 Å². The third kappa shape index (κ3) is 4.35. The summed E-state index contributed by atoms with van der Waals surface area (Å²) in [5.74, 6) is 0.528. The van der Waals surface area contributed by atoms with Crippen LogP contribution in [0.2, 0.25) is 0 Å². The lowest BCUT2D eigenvalue weighted by molar-refractivity contribution is -0.123. The number of nitrogens with one attached hydrogen (secondary N) is 1. The Bertz CT molecular complexity index is 400. The van der Waals surface area contributed by atoms with E-state index in [0.29, 0.717) is 12.5 Å². The molecule has 1 rings (SSSR count). The molecule has 1 heterocycles. The molecule has 19 heavy (non-hydrogen) atoms. The summed E-state index contributed by atoms with van der Waals surface area (Å²) in [6.07, 6.45) is 5.26. The second kappa shape index (κ2) is 7.28. The number of amides is 1. The van der Waals surface area contributed by atoms with Crippen LogP contribution in [-0.4, -0.2) is 22.0 Å². The van der Waals surface area contributed by atoms with Crippen molar-refractivity contribution in [2.24, 2.45) is 11.7 Å². The normalized spacial score (nSPS) is 14.4. The van der Waals surface area contributed by atoms with E-state index in [0.717, 1.165) is 18.5 Å². The van der Waals surface area contributed by atoms with E-state index in [1.165, 1.54) is 0 Å². The molecule has 5 heteroatoms. The Labute approximate surface area is 115 Å².